The maximum absolute atomic E-state index is 12.8. The number of aromatic nitrogens is 1. The van der Waals surface area contributed by atoms with E-state index in [-0.39, 0.29) is 5.91 Å². The highest BCUT2D eigenvalue weighted by molar-refractivity contribution is 5.93. The van der Waals surface area contributed by atoms with Crippen molar-refractivity contribution in [3.8, 4) is 22.8 Å². The molecule has 0 N–H and O–H groups in total. The second-order valence-electron chi connectivity index (χ2n) is 7.32. The van der Waals surface area contributed by atoms with Gasteiger partial charge in [-0.3, -0.25) is 4.79 Å². The van der Waals surface area contributed by atoms with Crippen LogP contribution in [0.3, 0.4) is 0 Å². The quantitative estimate of drug-likeness (QED) is 0.615. The van der Waals surface area contributed by atoms with Gasteiger partial charge < -0.3 is 9.64 Å². The third-order valence-corrected chi connectivity index (χ3v) is 5.17. The number of amides is 1. The fourth-order valence-corrected chi connectivity index (χ4v) is 3.41. The van der Waals surface area contributed by atoms with Crippen molar-refractivity contribution >= 4 is 5.91 Å². The highest BCUT2D eigenvalue weighted by Crippen LogP contribution is 2.25. The van der Waals surface area contributed by atoms with Crippen LogP contribution >= 0.6 is 0 Å². The number of hydrogen-bond acceptors (Lipinski definition) is 3. The topological polar surface area (TPSA) is 42.4 Å². The molecule has 0 radical (unpaired) electrons. The monoisotopic (exact) mass is 372 g/mol. The lowest BCUT2D eigenvalue weighted by molar-refractivity contribution is 0.0691. The maximum atomic E-state index is 12.8. The molecule has 1 amide bonds. The first-order chi connectivity index (χ1) is 13.7. The molecule has 2 heterocycles. The Morgan fingerprint density at radius 3 is 2.29 bits per heavy atom. The highest BCUT2D eigenvalue weighted by atomic mass is 16.5. The van der Waals surface area contributed by atoms with Crippen LogP contribution in [0.25, 0.3) is 11.3 Å². The van der Waals surface area contributed by atoms with E-state index in [1.54, 1.807) is 6.07 Å². The van der Waals surface area contributed by atoms with Crippen molar-refractivity contribution in [1.29, 1.82) is 0 Å². The molecule has 1 aromatic heterocycles. The Labute approximate surface area is 165 Å². The van der Waals surface area contributed by atoms with E-state index in [0.717, 1.165) is 48.7 Å². The van der Waals surface area contributed by atoms with E-state index in [4.69, 9.17) is 4.74 Å². The molecule has 142 valence electrons. The Bertz CT molecular complexity index is 930. The van der Waals surface area contributed by atoms with Gasteiger partial charge in [0.15, 0.2) is 0 Å². The second-order valence-corrected chi connectivity index (χ2v) is 7.32. The van der Waals surface area contributed by atoms with E-state index in [0.29, 0.717) is 11.6 Å². The molecule has 4 heteroatoms. The molecular weight excluding hydrogens is 348 g/mol. The zero-order chi connectivity index (χ0) is 19.3. The summed E-state index contributed by atoms with van der Waals surface area (Å²) < 4.78 is 5.84. The number of rotatable bonds is 4. The second kappa shape index (κ2) is 8.26. The molecule has 0 spiro atoms. The van der Waals surface area contributed by atoms with Crippen molar-refractivity contribution in [1.82, 2.24) is 9.88 Å². The Morgan fingerprint density at radius 1 is 0.893 bits per heavy atom. The predicted octanol–water partition coefficient (Wildman–Crippen LogP) is 5.41. The molecule has 1 fully saturated rings. The van der Waals surface area contributed by atoms with Crippen LogP contribution in [-0.2, 0) is 0 Å². The molecule has 3 aromatic rings. The van der Waals surface area contributed by atoms with Crippen molar-refractivity contribution in [2.24, 2.45) is 5.92 Å². The molecule has 2 aromatic carbocycles. The number of piperidine rings is 1. The largest absolute Gasteiger partial charge is 0.457 e. The number of likely N-dealkylation sites (tertiary alicyclic amines) is 1. The molecule has 0 saturated carbocycles. The molecule has 4 rings (SSSR count). The molecule has 0 atom stereocenters. The summed E-state index contributed by atoms with van der Waals surface area (Å²) >= 11 is 0. The number of para-hydroxylation sites is 1. The predicted molar refractivity (Wildman–Crippen MR) is 110 cm³/mol. The van der Waals surface area contributed by atoms with Gasteiger partial charge in [-0.2, -0.15) is 0 Å². The fourth-order valence-electron chi connectivity index (χ4n) is 3.41. The molecule has 0 aliphatic carbocycles. The molecule has 4 nitrogen and oxygen atoms in total. The van der Waals surface area contributed by atoms with Gasteiger partial charge in [-0.25, -0.2) is 4.98 Å². The first kappa shape index (κ1) is 18.2. The van der Waals surface area contributed by atoms with E-state index in [9.17, 15) is 4.79 Å². The molecule has 1 aliphatic rings. The SMILES string of the molecule is CC1CCN(C(=O)c2cccc(-c3ccc(Oc4ccccc4)cc3)n2)CC1. The Balaban J connectivity index is 1.49. The summed E-state index contributed by atoms with van der Waals surface area (Å²) in [6.45, 7) is 3.88. The number of ether oxygens (including phenoxy) is 1. The number of benzene rings is 2. The van der Waals surface area contributed by atoms with Crippen LogP contribution in [0.2, 0.25) is 0 Å². The van der Waals surface area contributed by atoms with Crippen molar-refractivity contribution in [2.45, 2.75) is 19.8 Å². The summed E-state index contributed by atoms with van der Waals surface area (Å²) in [5.41, 5.74) is 2.27. The fraction of sp³-hybridized carbons (Fsp3) is 0.250. The average molecular weight is 372 g/mol. The van der Waals surface area contributed by atoms with E-state index in [2.05, 4.69) is 11.9 Å². The number of pyridine rings is 1. The summed E-state index contributed by atoms with van der Waals surface area (Å²) in [4.78, 5) is 19.3. The zero-order valence-corrected chi connectivity index (χ0v) is 16.0. The van der Waals surface area contributed by atoms with Gasteiger partial charge in [0, 0.05) is 18.7 Å². The molecule has 1 saturated heterocycles. The van der Waals surface area contributed by atoms with Crippen LogP contribution < -0.4 is 4.74 Å². The summed E-state index contributed by atoms with van der Waals surface area (Å²) in [6, 6.07) is 23.1. The molecular formula is C24H24N2O2. The van der Waals surface area contributed by atoms with Crippen molar-refractivity contribution in [3.63, 3.8) is 0 Å². The van der Waals surface area contributed by atoms with Crippen LogP contribution in [0, 0.1) is 5.92 Å². The third-order valence-electron chi connectivity index (χ3n) is 5.17. The van der Waals surface area contributed by atoms with Crippen LogP contribution in [-0.4, -0.2) is 28.9 Å². The van der Waals surface area contributed by atoms with Crippen LogP contribution in [0.15, 0.2) is 72.8 Å². The number of carbonyl (C=O) groups is 1. The maximum Gasteiger partial charge on any atom is 0.272 e. The van der Waals surface area contributed by atoms with Gasteiger partial charge in [0.2, 0.25) is 0 Å². The molecule has 0 bridgehead atoms. The van der Waals surface area contributed by atoms with E-state index < -0.39 is 0 Å². The Hall–Kier alpha value is -3.14. The Kier molecular flexibility index (Phi) is 5.38. The number of hydrogen-bond donors (Lipinski definition) is 0. The molecule has 0 unspecified atom stereocenters. The lowest BCUT2D eigenvalue weighted by Crippen LogP contribution is -2.38. The minimum atomic E-state index is 0.0257. The van der Waals surface area contributed by atoms with Gasteiger partial charge in [0.25, 0.3) is 5.91 Å². The van der Waals surface area contributed by atoms with Gasteiger partial charge in [0.1, 0.15) is 17.2 Å². The minimum Gasteiger partial charge on any atom is -0.457 e. The zero-order valence-electron chi connectivity index (χ0n) is 16.0. The standard InChI is InChI=1S/C24H24N2O2/c1-18-14-16-26(17-15-18)24(27)23-9-5-8-22(25-23)19-10-12-21(13-11-19)28-20-6-3-2-4-7-20/h2-13,18H,14-17H2,1H3. The Morgan fingerprint density at radius 2 is 1.57 bits per heavy atom. The van der Waals surface area contributed by atoms with Crippen molar-refractivity contribution in [2.75, 3.05) is 13.1 Å². The first-order valence-corrected chi connectivity index (χ1v) is 9.79. The number of carbonyl (C=O) groups excluding carboxylic acids is 1. The average Bonchev–Trinajstić information content (AvgIpc) is 2.75. The summed E-state index contributed by atoms with van der Waals surface area (Å²) in [5, 5.41) is 0. The van der Waals surface area contributed by atoms with E-state index in [1.807, 2.05) is 71.6 Å². The van der Waals surface area contributed by atoms with Crippen LogP contribution in [0.1, 0.15) is 30.3 Å². The molecule has 1 aliphatic heterocycles. The normalized spacial score (nSPS) is 14.7. The lowest BCUT2D eigenvalue weighted by Gasteiger charge is -2.30. The minimum absolute atomic E-state index is 0.0257. The lowest BCUT2D eigenvalue weighted by atomic mass is 9.99. The summed E-state index contributed by atoms with van der Waals surface area (Å²) in [7, 11) is 0. The van der Waals surface area contributed by atoms with Gasteiger partial charge >= 0.3 is 0 Å². The first-order valence-electron chi connectivity index (χ1n) is 9.79. The van der Waals surface area contributed by atoms with Gasteiger partial charge in [-0.1, -0.05) is 31.2 Å². The van der Waals surface area contributed by atoms with Gasteiger partial charge in [-0.15, -0.1) is 0 Å². The number of nitrogens with zero attached hydrogens (tertiary/aromatic N) is 2. The highest BCUT2D eigenvalue weighted by Gasteiger charge is 2.22. The van der Waals surface area contributed by atoms with Crippen molar-refractivity contribution in [3.05, 3.63) is 78.5 Å². The van der Waals surface area contributed by atoms with E-state index >= 15 is 0 Å². The molecule has 28 heavy (non-hydrogen) atoms. The van der Waals surface area contributed by atoms with E-state index in [1.165, 1.54) is 0 Å². The van der Waals surface area contributed by atoms with Crippen LogP contribution in [0.4, 0.5) is 0 Å². The smallest absolute Gasteiger partial charge is 0.272 e. The van der Waals surface area contributed by atoms with Crippen LogP contribution in [0.5, 0.6) is 11.5 Å². The summed E-state index contributed by atoms with van der Waals surface area (Å²) in [5.74, 6) is 2.29. The van der Waals surface area contributed by atoms with Gasteiger partial charge in [0.05, 0.1) is 5.69 Å². The van der Waals surface area contributed by atoms with Crippen molar-refractivity contribution < 1.29 is 9.53 Å². The third kappa shape index (κ3) is 4.22. The summed E-state index contributed by atoms with van der Waals surface area (Å²) in [6.07, 6.45) is 2.13. The van der Waals surface area contributed by atoms with Gasteiger partial charge in [-0.05, 0) is 67.3 Å².